The monoisotopic (exact) mass is 182 g/mol. The SMILES string of the molecule is CN1CC2CC(C(=O)N(C)C)(C2)C1. The molecule has 0 atom stereocenters. The second-order valence-corrected chi connectivity index (χ2v) is 4.95. The summed E-state index contributed by atoms with van der Waals surface area (Å²) >= 11 is 0. The predicted molar refractivity (Wildman–Crippen MR) is 51.3 cm³/mol. The second kappa shape index (κ2) is 2.71. The van der Waals surface area contributed by atoms with Gasteiger partial charge in [0, 0.05) is 27.2 Å². The highest BCUT2D eigenvalue weighted by molar-refractivity contribution is 5.83. The molecule has 0 N–H and O–H groups in total. The van der Waals surface area contributed by atoms with Gasteiger partial charge in [-0.25, -0.2) is 0 Å². The molecular weight excluding hydrogens is 164 g/mol. The second-order valence-electron chi connectivity index (χ2n) is 4.95. The molecule has 2 bridgehead atoms. The summed E-state index contributed by atoms with van der Waals surface area (Å²) in [6.07, 6.45) is 2.24. The van der Waals surface area contributed by atoms with Crippen molar-refractivity contribution in [1.82, 2.24) is 9.80 Å². The van der Waals surface area contributed by atoms with Gasteiger partial charge < -0.3 is 9.80 Å². The Labute approximate surface area is 79.7 Å². The van der Waals surface area contributed by atoms with Gasteiger partial charge in [0.1, 0.15) is 0 Å². The molecule has 13 heavy (non-hydrogen) atoms. The zero-order chi connectivity index (χ0) is 9.64. The molecule has 3 fully saturated rings. The van der Waals surface area contributed by atoms with E-state index in [1.54, 1.807) is 4.90 Å². The number of rotatable bonds is 1. The maximum atomic E-state index is 11.9. The fourth-order valence-corrected chi connectivity index (χ4v) is 3.04. The molecule has 0 aromatic heterocycles. The summed E-state index contributed by atoms with van der Waals surface area (Å²) in [6, 6.07) is 0. The number of hydrogen-bond acceptors (Lipinski definition) is 2. The summed E-state index contributed by atoms with van der Waals surface area (Å²) in [5, 5.41) is 0. The fourth-order valence-electron chi connectivity index (χ4n) is 3.04. The van der Waals surface area contributed by atoms with Crippen molar-refractivity contribution in [3.8, 4) is 0 Å². The van der Waals surface area contributed by atoms with E-state index < -0.39 is 0 Å². The highest BCUT2D eigenvalue weighted by Gasteiger charge is 2.54. The van der Waals surface area contributed by atoms with Gasteiger partial charge in [0.25, 0.3) is 0 Å². The van der Waals surface area contributed by atoms with Gasteiger partial charge in [-0.3, -0.25) is 4.79 Å². The van der Waals surface area contributed by atoms with E-state index in [2.05, 4.69) is 11.9 Å². The van der Waals surface area contributed by atoms with Crippen molar-refractivity contribution in [2.75, 3.05) is 34.2 Å². The molecule has 1 amide bonds. The highest BCUT2D eigenvalue weighted by Crippen LogP contribution is 2.50. The molecule has 2 saturated heterocycles. The van der Waals surface area contributed by atoms with Crippen LogP contribution in [0.1, 0.15) is 12.8 Å². The number of piperidine rings is 2. The van der Waals surface area contributed by atoms with Crippen LogP contribution in [0.15, 0.2) is 0 Å². The molecule has 3 rings (SSSR count). The third kappa shape index (κ3) is 1.26. The van der Waals surface area contributed by atoms with Crippen LogP contribution in [-0.2, 0) is 4.79 Å². The van der Waals surface area contributed by atoms with Crippen molar-refractivity contribution >= 4 is 5.91 Å². The number of nitrogens with zero attached hydrogens (tertiary/aromatic N) is 2. The standard InChI is InChI=1S/C10H18N2O/c1-11(2)9(13)10-4-8(5-10)6-12(3)7-10/h8H,4-7H2,1-3H3. The molecule has 0 unspecified atom stereocenters. The largest absolute Gasteiger partial charge is 0.348 e. The van der Waals surface area contributed by atoms with Crippen LogP contribution in [0, 0.1) is 11.3 Å². The lowest BCUT2D eigenvalue weighted by molar-refractivity contribution is -0.157. The Morgan fingerprint density at radius 1 is 1.46 bits per heavy atom. The van der Waals surface area contributed by atoms with Crippen molar-refractivity contribution in [2.24, 2.45) is 11.3 Å². The average Bonchev–Trinajstić information content (AvgIpc) is 2.00. The Bertz CT molecular complexity index is 231. The molecule has 3 aliphatic rings. The number of carbonyl (C=O) groups is 1. The van der Waals surface area contributed by atoms with Gasteiger partial charge in [-0.15, -0.1) is 0 Å². The Balaban J connectivity index is 2.10. The molecule has 0 radical (unpaired) electrons. The molecule has 2 heterocycles. The van der Waals surface area contributed by atoms with Crippen LogP contribution in [0.3, 0.4) is 0 Å². The Morgan fingerprint density at radius 2 is 2.08 bits per heavy atom. The van der Waals surface area contributed by atoms with E-state index in [1.165, 1.54) is 6.54 Å². The lowest BCUT2D eigenvalue weighted by atomic mass is 9.58. The molecule has 3 nitrogen and oxygen atoms in total. The van der Waals surface area contributed by atoms with Crippen LogP contribution in [0.25, 0.3) is 0 Å². The van der Waals surface area contributed by atoms with Crippen LogP contribution in [0.2, 0.25) is 0 Å². The Morgan fingerprint density at radius 3 is 2.54 bits per heavy atom. The van der Waals surface area contributed by atoms with Gasteiger partial charge in [-0.05, 0) is 25.8 Å². The minimum atomic E-state index is -0.0127. The molecule has 74 valence electrons. The van der Waals surface area contributed by atoms with E-state index >= 15 is 0 Å². The van der Waals surface area contributed by atoms with E-state index in [0.29, 0.717) is 5.91 Å². The summed E-state index contributed by atoms with van der Waals surface area (Å²) < 4.78 is 0. The van der Waals surface area contributed by atoms with Crippen molar-refractivity contribution in [2.45, 2.75) is 12.8 Å². The molecule has 2 aliphatic heterocycles. The third-order valence-electron chi connectivity index (χ3n) is 3.36. The van der Waals surface area contributed by atoms with E-state index in [4.69, 9.17) is 0 Å². The van der Waals surface area contributed by atoms with Crippen LogP contribution < -0.4 is 0 Å². The van der Waals surface area contributed by atoms with E-state index in [1.807, 2.05) is 14.1 Å². The smallest absolute Gasteiger partial charge is 0.229 e. The zero-order valence-electron chi connectivity index (χ0n) is 8.71. The zero-order valence-corrected chi connectivity index (χ0v) is 8.71. The Hall–Kier alpha value is -0.570. The van der Waals surface area contributed by atoms with Crippen LogP contribution >= 0.6 is 0 Å². The molecule has 1 aliphatic carbocycles. The van der Waals surface area contributed by atoms with Crippen molar-refractivity contribution in [3.05, 3.63) is 0 Å². The maximum Gasteiger partial charge on any atom is 0.229 e. The third-order valence-corrected chi connectivity index (χ3v) is 3.36. The number of hydrogen-bond donors (Lipinski definition) is 0. The van der Waals surface area contributed by atoms with Gasteiger partial charge in [0.15, 0.2) is 0 Å². The van der Waals surface area contributed by atoms with Crippen molar-refractivity contribution in [3.63, 3.8) is 0 Å². The number of carbonyl (C=O) groups excluding carboxylic acids is 1. The van der Waals surface area contributed by atoms with E-state index in [0.717, 1.165) is 25.3 Å². The first-order valence-electron chi connectivity index (χ1n) is 4.94. The van der Waals surface area contributed by atoms with Crippen LogP contribution in [0.5, 0.6) is 0 Å². The molecular formula is C10H18N2O. The van der Waals surface area contributed by atoms with Gasteiger partial charge in [0.2, 0.25) is 5.91 Å². The van der Waals surface area contributed by atoms with E-state index in [-0.39, 0.29) is 5.41 Å². The van der Waals surface area contributed by atoms with Gasteiger partial charge >= 0.3 is 0 Å². The summed E-state index contributed by atoms with van der Waals surface area (Å²) in [5.41, 5.74) is -0.0127. The maximum absolute atomic E-state index is 11.9. The first-order chi connectivity index (χ1) is 6.03. The lowest BCUT2D eigenvalue weighted by Gasteiger charge is -2.55. The molecule has 3 heteroatoms. The average molecular weight is 182 g/mol. The number of fused-ring (bicyclic) bond motifs is 2. The first-order valence-corrected chi connectivity index (χ1v) is 4.94. The molecule has 1 saturated carbocycles. The van der Waals surface area contributed by atoms with Gasteiger partial charge in [-0.2, -0.15) is 0 Å². The summed E-state index contributed by atoms with van der Waals surface area (Å²) in [7, 11) is 5.83. The van der Waals surface area contributed by atoms with Crippen LogP contribution in [0.4, 0.5) is 0 Å². The first kappa shape index (κ1) is 9.00. The van der Waals surface area contributed by atoms with Crippen LogP contribution in [-0.4, -0.2) is 49.9 Å². The highest BCUT2D eigenvalue weighted by atomic mass is 16.2. The molecule has 0 aromatic carbocycles. The van der Waals surface area contributed by atoms with Crippen molar-refractivity contribution in [1.29, 1.82) is 0 Å². The predicted octanol–water partition coefficient (Wildman–Crippen LogP) is 0.416. The lowest BCUT2D eigenvalue weighted by Crippen LogP contribution is -2.61. The molecule has 0 spiro atoms. The quantitative estimate of drug-likeness (QED) is 0.586. The summed E-state index contributed by atoms with van der Waals surface area (Å²) in [6.45, 7) is 2.14. The molecule has 0 aromatic rings. The van der Waals surface area contributed by atoms with Crippen molar-refractivity contribution < 1.29 is 4.79 Å². The fraction of sp³-hybridized carbons (Fsp3) is 0.900. The Kier molecular flexibility index (Phi) is 1.88. The minimum Gasteiger partial charge on any atom is -0.348 e. The normalized spacial score (nSPS) is 38.2. The minimum absolute atomic E-state index is 0.0127. The summed E-state index contributed by atoms with van der Waals surface area (Å²) in [4.78, 5) is 15.9. The van der Waals surface area contributed by atoms with Gasteiger partial charge in [0.05, 0.1) is 5.41 Å². The topological polar surface area (TPSA) is 23.6 Å². The van der Waals surface area contributed by atoms with E-state index in [9.17, 15) is 4.79 Å². The number of amides is 1. The van der Waals surface area contributed by atoms with Gasteiger partial charge in [-0.1, -0.05) is 0 Å². The summed E-state index contributed by atoms with van der Waals surface area (Å²) in [5.74, 6) is 1.11.